The molecule has 1 unspecified atom stereocenters. The van der Waals surface area contributed by atoms with Gasteiger partial charge in [-0.1, -0.05) is 12.1 Å². The minimum atomic E-state index is -1.12. The summed E-state index contributed by atoms with van der Waals surface area (Å²) in [6.45, 7) is 1.59. The van der Waals surface area contributed by atoms with Crippen molar-refractivity contribution in [3.63, 3.8) is 0 Å². The Morgan fingerprint density at radius 3 is 2.36 bits per heavy atom. The molecule has 0 aliphatic carbocycles. The number of benzene rings is 1. The molecule has 0 aromatic heterocycles. The van der Waals surface area contributed by atoms with Gasteiger partial charge in [-0.15, -0.1) is 0 Å². The fourth-order valence-corrected chi connectivity index (χ4v) is 2.29. The molecule has 22 heavy (non-hydrogen) atoms. The molecule has 7 heteroatoms. The highest BCUT2D eigenvalue weighted by Gasteiger charge is 2.36. The second-order valence-electron chi connectivity index (χ2n) is 4.65. The zero-order valence-corrected chi connectivity index (χ0v) is 12.4. The zero-order chi connectivity index (χ0) is 16.3. The van der Waals surface area contributed by atoms with Crippen LogP contribution in [0.2, 0.25) is 0 Å². The number of carbonyl (C=O) groups is 2. The summed E-state index contributed by atoms with van der Waals surface area (Å²) in [5, 5.41) is 13.4. The van der Waals surface area contributed by atoms with E-state index in [0.29, 0.717) is 17.0 Å². The molecule has 2 rings (SSSR count). The Balaban J connectivity index is 2.54. The average Bonchev–Trinajstić information content (AvgIpc) is 2.53. The van der Waals surface area contributed by atoms with Gasteiger partial charge in [0, 0.05) is 5.70 Å². The van der Waals surface area contributed by atoms with Gasteiger partial charge >= 0.3 is 11.9 Å². The highest BCUT2D eigenvalue weighted by atomic mass is 16.5. The average molecular weight is 304 g/mol. The molecule has 7 nitrogen and oxygen atoms in total. The van der Waals surface area contributed by atoms with Crippen molar-refractivity contribution in [3.8, 4) is 5.75 Å². The lowest BCUT2D eigenvalue weighted by Crippen LogP contribution is -2.35. The Morgan fingerprint density at radius 2 is 1.86 bits per heavy atom. The standard InChI is InChI=1S/C15H16N2O5/c1-8-11(14(18)19)12(13(17-16-8)15(20)22-3)9-4-6-10(21-2)7-5-9/h4-7,12,16H,1-3H3,(H,18,19). The SMILES string of the molecule is COC(=O)C1=NNC(C)=C(C(=O)O)C1c1ccc(OC)cc1. The number of hydrogen-bond donors (Lipinski definition) is 2. The van der Waals surface area contributed by atoms with Crippen LogP contribution in [-0.2, 0) is 14.3 Å². The minimum absolute atomic E-state index is 0.00401. The molecular weight excluding hydrogens is 288 g/mol. The molecule has 2 N–H and O–H groups in total. The lowest BCUT2D eigenvalue weighted by molar-refractivity contribution is -0.133. The summed E-state index contributed by atoms with van der Waals surface area (Å²) in [4.78, 5) is 23.5. The van der Waals surface area contributed by atoms with Crippen LogP contribution in [0.15, 0.2) is 40.6 Å². The molecule has 1 aliphatic rings. The molecule has 0 amide bonds. The summed E-state index contributed by atoms with van der Waals surface area (Å²) in [7, 11) is 2.76. The van der Waals surface area contributed by atoms with E-state index in [1.807, 2.05) is 0 Å². The number of carboxylic acid groups (broad SMARTS) is 1. The number of allylic oxidation sites excluding steroid dienone is 1. The maximum absolute atomic E-state index is 11.9. The van der Waals surface area contributed by atoms with Crippen molar-refractivity contribution in [2.75, 3.05) is 14.2 Å². The van der Waals surface area contributed by atoms with Gasteiger partial charge in [-0.25, -0.2) is 9.59 Å². The number of ether oxygens (including phenoxy) is 2. The third-order valence-electron chi connectivity index (χ3n) is 3.38. The lowest BCUT2D eigenvalue weighted by atomic mass is 9.85. The van der Waals surface area contributed by atoms with E-state index in [0.717, 1.165) is 0 Å². The van der Waals surface area contributed by atoms with Crippen LogP contribution in [0.5, 0.6) is 5.75 Å². The van der Waals surface area contributed by atoms with Crippen molar-refractivity contribution in [3.05, 3.63) is 41.1 Å². The maximum Gasteiger partial charge on any atom is 0.355 e. The number of esters is 1. The summed E-state index contributed by atoms with van der Waals surface area (Å²) < 4.78 is 9.78. The Labute approximate surface area is 127 Å². The van der Waals surface area contributed by atoms with Crippen LogP contribution in [0.25, 0.3) is 0 Å². The van der Waals surface area contributed by atoms with E-state index in [1.54, 1.807) is 31.2 Å². The first-order valence-corrected chi connectivity index (χ1v) is 6.49. The highest BCUT2D eigenvalue weighted by Crippen LogP contribution is 2.32. The first-order chi connectivity index (χ1) is 10.5. The molecule has 1 aromatic carbocycles. The topological polar surface area (TPSA) is 97.2 Å². The fourth-order valence-electron chi connectivity index (χ4n) is 2.29. The molecule has 0 saturated carbocycles. The number of carbonyl (C=O) groups excluding carboxylic acids is 1. The van der Waals surface area contributed by atoms with Crippen molar-refractivity contribution in [2.45, 2.75) is 12.8 Å². The van der Waals surface area contributed by atoms with Crippen molar-refractivity contribution in [2.24, 2.45) is 5.10 Å². The van der Waals surface area contributed by atoms with Crippen LogP contribution in [-0.4, -0.2) is 37.0 Å². The van der Waals surface area contributed by atoms with Crippen molar-refractivity contribution >= 4 is 17.7 Å². The number of nitrogens with one attached hydrogen (secondary N) is 1. The first-order valence-electron chi connectivity index (χ1n) is 6.49. The summed E-state index contributed by atoms with van der Waals surface area (Å²) in [5.41, 5.74) is 3.60. The Kier molecular flexibility index (Phi) is 4.45. The number of rotatable bonds is 4. The van der Waals surface area contributed by atoms with Gasteiger partial charge in [0.2, 0.25) is 0 Å². The summed E-state index contributed by atoms with van der Waals surface area (Å²) in [5.74, 6) is -1.98. The minimum Gasteiger partial charge on any atom is -0.497 e. The molecule has 116 valence electrons. The normalized spacial score (nSPS) is 17.4. The fraction of sp³-hybridized carbons (Fsp3) is 0.267. The highest BCUT2D eigenvalue weighted by molar-refractivity contribution is 6.40. The number of nitrogens with zero attached hydrogens (tertiary/aromatic N) is 1. The quantitative estimate of drug-likeness (QED) is 0.813. The Bertz CT molecular complexity index is 661. The van der Waals surface area contributed by atoms with Crippen molar-refractivity contribution in [1.29, 1.82) is 0 Å². The summed E-state index contributed by atoms with van der Waals surface area (Å²) in [6, 6.07) is 6.79. The molecule has 0 bridgehead atoms. The van der Waals surface area contributed by atoms with Gasteiger partial charge < -0.3 is 14.6 Å². The summed E-state index contributed by atoms with van der Waals surface area (Å²) in [6.07, 6.45) is 0. The first kappa shape index (κ1) is 15.6. The molecule has 1 atom stereocenters. The molecule has 0 radical (unpaired) electrons. The van der Waals surface area contributed by atoms with Gasteiger partial charge in [-0.2, -0.15) is 5.10 Å². The lowest BCUT2D eigenvalue weighted by Gasteiger charge is -2.25. The molecular formula is C15H16N2O5. The Morgan fingerprint density at radius 1 is 1.23 bits per heavy atom. The van der Waals surface area contributed by atoms with Crippen LogP contribution in [0.1, 0.15) is 18.4 Å². The molecule has 0 saturated heterocycles. The predicted molar refractivity (Wildman–Crippen MR) is 78.7 cm³/mol. The molecule has 1 aliphatic heterocycles. The Hall–Kier alpha value is -2.83. The third-order valence-corrected chi connectivity index (χ3v) is 3.38. The number of aliphatic carboxylic acids is 1. The third kappa shape index (κ3) is 2.78. The largest absolute Gasteiger partial charge is 0.497 e. The predicted octanol–water partition coefficient (Wildman–Crippen LogP) is 1.27. The van der Waals surface area contributed by atoms with E-state index in [4.69, 9.17) is 9.47 Å². The smallest absolute Gasteiger partial charge is 0.355 e. The van der Waals surface area contributed by atoms with Crippen LogP contribution in [0, 0.1) is 0 Å². The van der Waals surface area contributed by atoms with Gasteiger partial charge in [-0.05, 0) is 24.6 Å². The molecule has 1 heterocycles. The van der Waals surface area contributed by atoms with Crippen molar-refractivity contribution in [1.82, 2.24) is 5.43 Å². The second-order valence-corrected chi connectivity index (χ2v) is 4.65. The van der Waals surface area contributed by atoms with E-state index in [9.17, 15) is 14.7 Å². The van der Waals surface area contributed by atoms with E-state index < -0.39 is 17.9 Å². The number of carboxylic acids is 1. The van der Waals surface area contributed by atoms with Crippen LogP contribution >= 0.6 is 0 Å². The van der Waals surface area contributed by atoms with Gasteiger partial charge in [0.15, 0.2) is 5.71 Å². The number of methoxy groups -OCH3 is 2. The van der Waals surface area contributed by atoms with E-state index in [2.05, 4.69) is 10.5 Å². The van der Waals surface area contributed by atoms with Crippen LogP contribution in [0.3, 0.4) is 0 Å². The van der Waals surface area contributed by atoms with Gasteiger partial charge in [0.25, 0.3) is 0 Å². The summed E-state index contributed by atoms with van der Waals surface area (Å²) >= 11 is 0. The zero-order valence-electron chi connectivity index (χ0n) is 12.4. The maximum atomic E-state index is 11.9. The van der Waals surface area contributed by atoms with Crippen LogP contribution < -0.4 is 10.2 Å². The van der Waals surface area contributed by atoms with Gasteiger partial charge in [0.05, 0.1) is 25.7 Å². The molecule has 0 fully saturated rings. The van der Waals surface area contributed by atoms with E-state index in [-0.39, 0.29) is 11.3 Å². The molecule has 0 spiro atoms. The van der Waals surface area contributed by atoms with E-state index >= 15 is 0 Å². The van der Waals surface area contributed by atoms with Gasteiger partial charge in [-0.3, -0.25) is 5.43 Å². The number of hydrogen-bond acceptors (Lipinski definition) is 6. The second kappa shape index (κ2) is 6.30. The van der Waals surface area contributed by atoms with Crippen LogP contribution in [0.4, 0.5) is 0 Å². The monoisotopic (exact) mass is 304 g/mol. The van der Waals surface area contributed by atoms with E-state index in [1.165, 1.54) is 14.2 Å². The molecule has 1 aromatic rings. The number of hydrazone groups is 1. The van der Waals surface area contributed by atoms with Crippen molar-refractivity contribution < 1.29 is 24.2 Å². The van der Waals surface area contributed by atoms with Gasteiger partial charge in [0.1, 0.15) is 5.75 Å².